The zero-order valence-corrected chi connectivity index (χ0v) is 13.1. The standard InChI is InChI=1S/C17H15ClF3NO/c1-11-16(23-22-11,15-8-3-2-5-12(15)10-18)13-6-4-7-14(9-13)17(19,20)21/h2-9,11,22H,10H2,1H3. The quantitative estimate of drug-likeness (QED) is 0.823. The van der Waals surface area contributed by atoms with E-state index < -0.39 is 17.3 Å². The van der Waals surface area contributed by atoms with Crippen molar-refractivity contribution in [2.45, 2.75) is 30.6 Å². The van der Waals surface area contributed by atoms with E-state index in [1.54, 1.807) is 6.07 Å². The lowest BCUT2D eigenvalue weighted by atomic mass is 9.77. The molecule has 1 N–H and O–H groups in total. The first-order valence-corrected chi connectivity index (χ1v) is 7.68. The van der Waals surface area contributed by atoms with Gasteiger partial charge in [-0.1, -0.05) is 36.4 Å². The molecule has 23 heavy (non-hydrogen) atoms. The summed E-state index contributed by atoms with van der Waals surface area (Å²) in [5.41, 5.74) is 3.17. The molecule has 0 aromatic heterocycles. The van der Waals surface area contributed by atoms with Gasteiger partial charge in [-0.3, -0.25) is 4.84 Å². The first-order valence-electron chi connectivity index (χ1n) is 7.15. The Balaban J connectivity index is 2.17. The van der Waals surface area contributed by atoms with Gasteiger partial charge in [0, 0.05) is 5.88 Å². The lowest BCUT2D eigenvalue weighted by Gasteiger charge is -2.49. The molecule has 0 saturated carbocycles. The first-order chi connectivity index (χ1) is 10.9. The number of nitrogens with one attached hydrogen (secondary N) is 1. The molecule has 0 spiro atoms. The van der Waals surface area contributed by atoms with Crippen molar-refractivity contribution in [1.82, 2.24) is 5.48 Å². The molecule has 1 saturated heterocycles. The molecule has 0 radical (unpaired) electrons. The van der Waals surface area contributed by atoms with Gasteiger partial charge in [0.2, 0.25) is 0 Å². The van der Waals surface area contributed by atoms with Crippen LogP contribution in [0.5, 0.6) is 0 Å². The third-order valence-corrected chi connectivity index (χ3v) is 4.47. The zero-order valence-electron chi connectivity index (χ0n) is 12.3. The fourth-order valence-electron chi connectivity index (χ4n) is 2.97. The summed E-state index contributed by atoms with van der Waals surface area (Å²) >= 11 is 6.00. The molecule has 0 bridgehead atoms. The maximum atomic E-state index is 13.0. The Kier molecular flexibility index (Phi) is 4.12. The van der Waals surface area contributed by atoms with Gasteiger partial charge in [0.1, 0.15) is 0 Å². The van der Waals surface area contributed by atoms with Gasteiger partial charge in [-0.15, -0.1) is 11.6 Å². The fraction of sp³-hybridized carbons (Fsp3) is 0.294. The summed E-state index contributed by atoms with van der Waals surface area (Å²) in [5, 5.41) is 0. The summed E-state index contributed by atoms with van der Waals surface area (Å²) < 4.78 is 39.1. The summed E-state index contributed by atoms with van der Waals surface area (Å²) in [6.45, 7) is 1.87. The molecule has 1 aliphatic heterocycles. The molecular formula is C17H15ClF3NO. The summed E-state index contributed by atoms with van der Waals surface area (Å²) in [6, 6.07) is 12.4. The molecule has 2 aromatic carbocycles. The van der Waals surface area contributed by atoms with Crippen LogP contribution >= 0.6 is 11.6 Å². The summed E-state index contributed by atoms with van der Waals surface area (Å²) in [4.78, 5) is 5.64. The van der Waals surface area contributed by atoms with Crippen LogP contribution < -0.4 is 5.48 Å². The Morgan fingerprint density at radius 2 is 1.91 bits per heavy atom. The molecule has 0 amide bonds. The lowest BCUT2D eigenvalue weighted by molar-refractivity contribution is -0.226. The minimum Gasteiger partial charge on any atom is -0.283 e. The second-order valence-electron chi connectivity index (χ2n) is 5.55. The van der Waals surface area contributed by atoms with Gasteiger partial charge in [0.25, 0.3) is 0 Å². The van der Waals surface area contributed by atoms with Gasteiger partial charge in [-0.2, -0.15) is 18.7 Å². The maximum Gasteiger partial charge on any atom is 0.416 e. The van der Waals surface area contributed by atoms with Crippen molar-refractivity contribution >= 4 is 11.6 Å². The van der Waals surface area contributed by atoms with E-state index in [9.17, 15) is 13.2 Å². The highest BCUT2D eigenvalue weighted by Crippen LogP contribution is 2.45. The smallest absolute Gasteiger partial charge is 0.283 e. The molecule has 1 fully saturated rings. The van der Waals surface area contributed by atoms with E-state index in [0.717, 1.165) is 23.3 Å². The van der Waals surface area contributed by atoms with Gasteiger partial charge in [0.15, 0.2) is 5.60 Å². The number of hydroxylamine groups is 1. The lowest BCUT2D eigenvalue weighted by Crippen LogP contribution is -2.62. The minimum atomic E-state index is -4.40. The number of rotatable bonds is 3. The summed E-state index contributed by atoms with van der Waals surface area (Å²) in [5.74, 6) is 0.257. The first kappa shape index (κ1) is 16.3. The van der Waals surface area contributed by atoms with Crippen molar-refractivity contribution in [2.75, 3.05) is 0 Å². The summed E-state index contributed by atoms with van der Waals surface area (Å²) in [6.07, 6.45) is -4.40. The predicted molar refractivity (Wildman–Crippen MR) is 81.9 cm³/mol. The molecule has 3 rings (SSSR count). The number of alkyl halides is 4. The van der Waals surface area contributed by atoms with E-state index in [2.05, 4.69) is 5.48 Å². The molecule has 6 heteroatoms. The molecule has 122 valence electrons. The van der Waals surface area contributed by atoms with Crippen LogP contribution in [0.4, 0.5) is 13.2 Å². The van der Waals surface area contributed by atoms with E-state index in [4.69, 9.17) is 16.4 Å². The molecule has 1 aliphatic rings. The van der Waals surface area contributed by atoms with Crippen molar-refractivity contribution in [3.05, 3.63) is 70.8 Å². The van der Waals surface area contributed by atoms with E-state index in [0.29, 0.717) is 5.56 Å². The van der Waals surface area contributed by atoms with Crippen molar-refractivity contribution in [2.24, 2.45) is 0 Å². The van der Waals surface area contributed by atoms with Gasteiger partial charge in [-0.05, 0) is 35.7 Å². The fourth-order valence-corrected chi connectivity index (χ4v) is 3.21. The SMILES string of the molecule is CC1NOC1(c1cccc(C(F)(F)F)c1)c1ccccc1CCl. The Labute approximate surface area is 137 Å². The highest BCUT2D eigenvalue weighted by atomic mass is 35.5. The van der Waals surface area contributed by atoms with Crippen LogP contribution in [0.1, 0.15) is 29.2 Å². The second kappa shape index (κ2) is 5.82. The number of halogens is 4. The highest BCUT2D eigenvalue weighted by molar-refractivity contribution is 6.17. The van der Waals surface area contributed by atoms with Crippen LogP contribution in [0, 0.1) is 0 Å². The molecule has 2 atom stereocenters. The Hall–Kier alpha value is -1.56. The predicted octanol–water partition coefficient (Wildman–Crippen LogP) is 4.61. The topological polar surface area (TPSA) is 21.3 Å². The average Bonchev–Trinajstić information content (AvgIpc) is 2.54. The molecule has 0 aliphatic carbocycles. The maximum absolute atomic E-state index is 13.0. The zero-order chi connectivity index (χ0) is 16.7. The van der Waals surface area contributed by atoms with Gasteiger partial charge in [-0.25, -0.2) is 0 Å². The van der Waals surface area contributed by atoms with Crippen molar-refractivity contribution in [3.63, 3.8) is 0 Å². The second-order valence-corrected chi connectivity index (χ2v) is 5.81. The normalized spacial score (nSPS) is 24.3. The van der Waals surface area contributed by atoms with Gasteiger partial charge >= 0.3 is 6.18 Å². The minimum absolute atomic E-state index is 0.185. The van der Waals surface area contributed by atoms with Gasteiger partial charge < -0.3 is 0 Å². The average molecular weight is 342 g/mol. The number of hydrogen-bond acceptors (Lipinski definition) is 2. The van der Waals surface area contributed by atoms with E-state index in [-0.39, 0.29) is 11.9 Å². The van der Waals surface area contributed by atoms with Crippen LogP contribution in [-0.4, -0.2) is 6.04 Å². The number of benzene rings is 2. The largest absolute Gasteiger partial charge is 0.416 e. The van der Waals surface area contributed by atoms with Crippen molar-refractivity contribution in [3.8, 4) is 0 Å². The molecule has 2 nitrogen and oxygen atoms in total. The number of hydrogen-bond donors (Lipinski definition) is 1. The van der Waals surface area contributed by atoms with Crippen LogP contribution in [0.15, 0.2) is 48.5 Å². The Bertz CT molecular complexity index is 719. The highest BCUT2D eigenvalue weighted by Gasteiger charge is 2.51. The Morgan fingerprint density at radius 3 is 2.48 bits per heavy atom. The summed E-state index contributed by atoms with van der Waals surface area (Å²) in [7, 11) is 0. The van der Waals surface area contributed by atoms with Gasteiger partial charge in [0.05, 0.1) is 11.6 Å². The molecule has 1 heterocycles. The Morgan fingerprint density at radius 1 is 1.17 bits per heavy atom. The van der Waals surface area contributed by atoms with Crippen LogP contribution in [0.3, 0.4) is 0 Å². The molecule has 2 unspecified atom stereocenters. The third-order valence-electron chi connectivity index (χ3n) is 4.19. The van der Waals surface area contributed by atoms with E-state index in [1.807, 2.05) is 31.2 Å². The monoisotopic (exact) mass is 341 g/mol. The third kappa shape index (κ3) is 2.63. The van der Waals surface area contributed by atoms with Crippen molar-refractivity contribution < 1.29 is 18.0 Å². The van der Waals surface area contributed by atoms with E-state index in [1.165, 1.54) is 6.07 Å². The van der Waals surface area contributed by atoms with Crippen LogP contribution in [0.25, 0.3) is 0 Å². The molecular weight excluding hydrogens is 327 g/mol. The van der Waals surface area contributed by atoms with Crippen molar-refractivity contribution in [1.29, 1.82) is 0 Å². The van der Waals surface area contributed by atoms with Crippen LogP contribution in [0.2, 0.25) is 0 Å². The van der Waals surface area contributed by atoms with Crippen LogP contribution in [-0.2, 0) is 22.5 Å². The molecule has 2 aromatic rings. The van der Waals surface area contributed by atoms with E-state index >= 15 is 0 Å².